The Labute approximate surface area is 168 Å². The van der Waals surface area contributed by atoms with Gasteiger partial charge < -0.3 is 21.7 Å². The summed E-state index contributed by atoms with van der Waals surface area (Å²) in [6.45, 7) is 4.10. The van der Waals surface area contributed by atoms with Crippen LogP contribution in [0.1, 0.15) is 18.1 Å². The van der Waals surface area contributed by atoms with E-state index in [4.69, 9.17) is 5.73 Å². The number of primary amides is 1. The van der Waals surface area contributed by atoms with Crippen molar-refractivity contribution in [3.8, 4) is 0 Å². The smallest absolute Gasteiger partial charge is 0.316 e. The average molecular weight is 401 g/mol. The maximum atomic E-state index is 12.2. The maximum Gasteiger partial charge on any atom is 0.316 e. The van der Waals surface area contributed by atoms with Crippen molar-refractivity contribution in [2.24, 2.45) is 5.73 Å². The van der Waals surface area contributed by atoms with E-state index in [1.54, 1.807) is 31.2 Å². The maximum absolute atomic E-state index is 12.2. The number of carbonyl (C=O) groups is 3. The molecule has 5 N–H and O–H groups in total. The number of carbonyl (C=O) groups excluding carboxylic acids is 3. The van der Waals surface area contributed by atoms with E-state index >= 15 is 0 Å². The first-order valence-corrected chi connectivity index (χ1v) is 9.79. The lowest BCUT2D eigenvalue weighted by atomic mass is 10.2. The van der Waals surface area contributed by atoms with Crippen LogP contribution in [0.4, 0.5) is 16.2 Å². The number of thioether (sulfide) groups is 1. The predicted molar refractivity (Wildman–Crippen MR) is 113 cm³/mol. The average Bonchev–Trinajstić information content (AvgIpc) is 2.66. The number of aryl methyl sites for hydroxylation is 1. The molecule has 2 aromatic rings. The van der Waals surface area contributed by atoms with Gasteiger partial charge in [0.1, 0.15) is 0 Å². The molecule has 1 atom stereocenters. The molecule has 0 saturated carbocycles. The summed E-state index contributed by atoms with van der Waals surface area (Å²) in [5, 5.41) is 7.76. The number of nitrogens with two attached hydrogens (primary N) is 1. The van der Waals surface area contributed by atoms with E-state index in [2.05, 4.69) is 16.0 Å². The van der Waals surface area contributed by atoms with Gasteiger partial charge in [-0.15, -0.1) is 11.8 Å². The number of urea groups is 1. The molecule has 8 heteroatoms. The topological polar surface area (TPSA) is 113 Å². The van der Waals surface area contributed by atoms with Crippen LogP contribution in [0.3, 0.4) is 0 Å². The molecule has 7 nitrogen and oxygen atoms in total. The second-order valence-electron chi connectivity index (χ2n) is 6.27. The lowest BCUT2D eigenvalue weighted by molar-refractivity contribution is -0.120. The van der Waals surface area contributed by atoms with Crippen molar-refractivity contribution < 1.29 is 14.4 Å². The monoisotopic (exact) mass is 400 g/mol. The molecular weight excluding hydrogens is 376 g/mol. The van der Waals surface area contributed by atoms with Crippen LogP contribution in [-0.4, -0.2) is 28.8 Å². The minimum atomic E-state index is -0.627. The van der Waals surface area contributed by atoms with Crippen molar-refractivity contribution in [3.05, 3.63) is 59.7 Å². The zero-order chi connectivity index (χ0) is 20.5. The third-order valence-corrected chi connectivity index (χ3v) is 5.00. The number of hydrogen-bond donors (Lipinski definition) is 4. The fraction of sp³-hybridized carbons (Fsp3) is 0.250. The normalized spacial score (nSPS) is 11.4. The summed E-state index contributed by atoms with van der Waals surface area (Å²) in [5.74, 6) is -0.103. The van der Waals surface area contributed by atoms with E-state index in [-0.39, 0.29) is 22.8 Å². The van der Waals surface area contributed by atoms with Gasteiger partial charge in [-0.05, 0) is 43.7 Å². The van der Waals surface area contributed by atoms with E-state index in [9.17, 15) is 14.4 Å². The van der Waals surface area contributed by atoms with Gasteiger partial charge in [-0.2, -0.15) is 0 Å². The van der Waals surface area contributed by atoms with Gasteiger partial charge in [0, 0.05) is 17.9 Å². The molecule has 0 saturated heterocycles. The highest BCUT2D eigenvalue weighted by Gasteiger charge is 2.15. The Hall–Kier alpha value is -3.00. The second kappa shape index (κ2) is 10.4. The fourth-order valence-corrected chi connectivity index (χ4v) is 3.00. The standard InChI is InChI=1S/C20H24N4O3S/c1-13-3-7-16(8-4-13)23-18(25)12-28-14(2)19(26)22-11-15-5-9-17(10-6-15)24-20(21)27/h3-10,14H,11-12H2,1-2H3,(H,22,26)(H,23,25)(H3,21,24,27). The van der Waals surface area contributed by atoms with Crippen LogP contribution >= 0.6 is 11.8 Å². The van der Waals surface area contributed by atoms with E-state index in [1.165, 1.54) is 11.8 Å². The molecule has 0 aliphatic heterocycles. The van der Waals surface area contributed by atoms with Gasteiger partial charge in [0.25, 0.3) is 0 Å². The van der Waals surface area contributed by atoms with E-state index in [1.807, 2.05) is 31.2 Å². The first-order valence-electron chi connectivity index (χ1n) is 8.74. The molecule has 0 heterocycles. The van der Waals surface area contributed by atoms with E-state index < -0.39 is 6.03 Å². The number of amides is 4. The molecular formula is C20H24N4O3S. The quantitative estimate of drug-likeness (QED) is 0.546. The SMILES string of the molecule is Cc1ccc(NC(=O)CSC(C)C(=O)NCc2ccc(NC(N)=O)cc2)cc1. The van der Waals surface area contributed by atoms with Crippen molar-refractivity contribution in [1.82, 2.24) is 5.32 Å². The van der Waals surface area contributed by atoms with Crippen LogP contribution in [-0.2, 0) is 16.1 Å². The lowest BCUT2D eigenvalue weighted by Gasteiger charge is -2.12. The highest BCUT2D eigenvalue weighted by molar-refractivity contribution is 8.01. The summed E-state index contributed by atoms with van der Waals surface area (Å²) in [6, 6.07) is 13.9. The molecule has 28 heavy (non-hydrogen) atoms. The summed E-state index contributed by atoms with van der Waals surface area (Å²) in [5.41, 5.74) is 8.39. The Morgan fingerprint density at radius 1 is 0.964 bits per heavy atom. The van der Waals surface area contributed by atoms with Gasteiger partial charge in [-0.3, -0.25) is 9.59 Å². The van der Waals surface area contributed by atoms with Gasteiger partial charge >= 0.3 is 6.03 Å². The summed E-state index contributed by atoms with van der Waals surface area (Å²) in [6.07, 6.45) is 0. The van der Waals surface area contributed by atoms with Gasteiger partial charge in [-0.1, -0.05) is 29.8 Å². The molecule has 0 fully saturated rings. The number of benzene rings is 2. The van der Waals surface area contributed by atoms with Crippen LogP contribution in [0.2, 0.25) is 0 Å². The van der Waals surface area contributed by atoms with Crippen molar-refractivity contribution in [2.75, 3.05) is 16.4 Å². The Morgan fingerprint density at radius 3 is 2.14 bits per heavy atom. The molecule has 0 aromatic heterocycles. The first kappa shape index (κ1) is 21.3. The highest BCUT2D eigenvalue weighted by atomic mass is 32.2. The summed E-state index contributed by atoms with van der Waals surface area (Å²) >= 11 is 1.27. The molecule has 1 unspecified atom stereocenters. The number of nitrogens with one attached hydrogen (secondary N) is 3. The Bertz CT molecular complexity index is 822. The molecule has 2 rings (SSSR count). The van der Waals surface area contributed by atoms with Crippen molar-refractivity contribution >= 4 is 41.0 Å². The number of anilines is 2. The van der Waals surface area contributed by atoms with Crippen molar-refractivity contribution in [2.45, 2.75) is 25.6 Å². The first-order chi connectivity index (χ1) is 13.3. The van der Waals surface area contributed by atoms with Crippen LogP contribution in [0.25, 0.3) is 0 Å². The van der Waals surface area contributed by atoms with E-state index in [0.717, 1.165) is 16.8 Å². The largest absolute Gasteiger partial charge is 0.351 e. The molecule has 0 radical (unpaired) electrons. The molecule has 0 spiro atoms. The van der Waals surface area contributed by atoms with Gasteiger partial charge in [-0.25, -0.2) is 4.79 Å². The Morgan fingerprint density at radius 2 is 1.54 bits per heavy atom. The van der Waals surface area contributed by atoms with Crippen LogP contribution in [0, 0.1) is 6.92 Å². The molecule has 148 valence electrons. The third kappa shape index (κ3) is 7.32. The molecule has 0 aliphatic rings. The summed E-state index contributed by atoms with van der Waals surface area (Å²) in [7, 11) is 0. The Balaban J connectivity index is 1.72. The lowest BCUT2D eigenvalue weighted by Crippen LogP contribution is -2.31. The fourth-order valence-electron chi connectivity index (χ4n) is 2.29. The number of rotatable bonds is 8. The van der Waals surface area contributed by atoms with Crippen molar-refractivity contribution in [1.29, 1.82) is 0 Å². The second-order valence-corrected chi connectivity index (χ2v) is 7.60. The zero-order valence-electron chi connectivity index (χ0n) is 15.8. The minimum Gasteiger partial charge on any atom is -0.351 e. The third-order valence-electron chi connectivity index (χ3n) is 3.86. The number of hydrogen-bond acceptors (Lipinski definition) is 4. The van der Waals surface area contributed by atoms with Crippen LogP contribution in [0.5, 0.6) is 0 Å². The van der Waals surface area contributed by atoms with Gasteiger partial charge in [0.2, 0.25) is 11.8 Å². The summed E-state index contributed by atoms with van der Waals surface area (Å²) < 4.78 is 0. The predicted octanol–water partition coefficient (Wildman–Crippen LogP) is 2.86. The molecule has 0 aliphatic carbocycles. The highest BCUT2D eigenvalue weighted by Crippen LogP contribution is 2.14. The molecule has 0 bridgehead atoms. The van der Waals surface area contributed by atoms with E-state index in [0.29, 0.717) is 12.2 Å². The molecule has 4 amide bonds. The Kier molecular flexibility index (Phi) is 7.88. The minimum absolute atomic E-state index is 0.146. The van der Waals surface area contributed by atoms with Crippen LogP contribution < -0.4 is 21.7 Å². The van der Waals surface area contributed by atoms with Crippen molar-refractivity contribution in [3.63, 3.8) is 0 Å². The van der Waals surface area contributed by atoms with Crippen LogP contribution in [0.15, 0.2) is 48.5 Å². The summed E-state index contributed by atoms with van der Waals surface area (Å²) in [4.78, 5) is 35.0. The van der Waals surface area contributed by atoms with Gasteiger partial charge in [0.15, 0.2) is 0 Å². The van der Waals surface area contributed by atoms with Gasteiger partial charge in [0.05, 0.1) is 11.0 Å². The zero-order valence-corrected chi connectivity index (χ0v) is 16.6. The molecule has 2 aromatic carbocycles.